The molecule has 12 heteroatoms. The standard InChI is InChI=1S/C27H18Cl2F3N5O2/c28-20-9-3-16(4-10-20)22-15-34-37-24(23(22)17-5-11-21(29)12-6-17)35-36(26(37)39)14-13-33-25(38)18-1-7-19(8-2-18)27(30,31)32/h1-12,15H,13-14H2,(H,33,38). The van der Waals surface area contributed by atoms with Crippen molar-refractivity contribution in [2.45, 2.75) is 12.7 Å². The summed E-state index contributed by atoms with van der Waals surface area (Å²) >= 11 is 12.1. The Bertz CT molecular complexity index is 1710. The number of aromatic nitrogens is 4. The quantitative estimate of drug-likeness (QED) is 0.272. The van der Waals surface area contributed by atoms with Crippen molar-refractivity contribution in [3.63, 3.8) is 0 Å². The predicted molar refractivity (Wildman–Crippen MR) is 142 cm³/mol. The van der Waals surface area contributed by atoms with Crippen LogP contribution in [-0.2, 0) is 12.7 Å². The van der Waals surface area contributed by atoms with Crippen LogP contribution in [0.5, 0.6) is 0 Å². The predicted octanol–water partition coefficient (Wildman–Crippen LogP) is 5.98. The molecule has 0 aliphatic rings. The van der Waals surface area contributed by atoms with Crippen molar-refractivity contribution in [1.29, 1.82) is 0 Å². The second kappa shape index (κ2) is 10.5. The summed E-state index contributed by atoms with van der Waals surface area (Å²) in [7, 11) is 0. The third kappa shape index (κ3) is 5.52. The van der Waals surface area contributed by atoms with E-state index in [0.29, 0.717) is 26.8 Å². The number of carbonyl (C=O) groups is 1. The van der Waals surface area contributed by atoms with Crippen LogP contribution < -0.4 is 11.0 Å². The van der Waals surface area contributed by atoms with E-state index >= 15 is 0 Å². The fourth-order valence-corrected chi connectivity index (χ4v) is 4.29. The van der Waals surface area contributed by atoms with Crippen LogP contribution in [0.1, 0.15) is 15.9 Å². The second-order valence-corrected chi connectivity index (χ2v) is 9.39. The molecular weight excluding hydrogens is 554 g/mol. The summed E-state index contributed by atoms with van der Waals surface area (Å²) in [5, 5.41) is 12.5. The van der Waals surface area contributed by atoms with Gasteiger partial charge in [0.1, 0.15) is 0 Å². The molecule has 0 unspecified atom stereocenters. The maximum absolute atomic E-state index is 13.1. The minimum Gasteiger partial charge on any atom is -0.350 e. The topological polar surface area (TPSA) is 81.3 Å². The van der Waals surface area contributed by atoms with Gasteiger partial charge in [0.05, 0.1) is 18.3 Å². The van der Waals surface area contributed by atoms with Crippen molar-refractivity contribution in [2.75, 3.05) is 6.54 Å². The molecule has 5 rings (SSSR count). The van der Waals surface area contributed by atoms with Gasteiger partial charge in [-0.15, -0.1) is 5.10 Å². The van der Waals surface area contributed by atoms with Gasteiger partial charge in [0.2, 0.25) is 0 Å². The van der Waals surface area contributed by atoms with Crippen LogP contribution in [0.15, 0.2) is 83.8 Å². The molecule has 1 N–H and O–H groups in total. The van der Waals surface area contributed by atoms with E-state index in [9.17, 15) is 22.8 Å². The molecule has 39 heavy (non-hydrogen) atoms. The third-order valence-corrected chi connectivity index (χ3v) is 6.49. The number of hydrogen-bond donors (Lipinski definition) is 1. The van der Waals surface area contributed by atoms with Crippen LogP contribution in [0.3, 0.4) is 0 Å². The summed E-state index contributed by atoms with van der Waals surface area (Å²) in [6, 6.07) is 18.1. The zero-order chi connectivity index (χ0) is 27.7. The van der Waals surface area contributed by atoms with E-state index in [4.69, 9.17) is 23.2 Å². The Morgan fingerprint density at radius 1 is 0.872 bits per heavy atom. The summed E-state index contributed by atoms with van der Waals surface area (Å²) in [5.74, 6) is -0.578. The smallest absolute Gasteiger partial charge is 0.350 e. The summed E-state index contributed by atoms with van der Waals surface area (Å²) in [6.07, 6.45) is -2.92. The highest BCUT2D eigenvalue weighted by Crippen LogP contribution is 2.35. The maximum Gasteiger partial charge on any atom is 0.416 e. The SMILES string of the molecule is O=C(NCCn1nc2c(-c3ccc(Cl)cc3)c(-c3ccc(Cl)cc3)cnn2c1=O)c1ccc(C(F)(F)F)cc1. The molecule has 0 saturated carbocycles. The number of amides is 1. The Hall–Kier alpha value is -4.15. The van der Waals surface area contributed by atoms with Crippen LogP contribution in [-0.4, -0.2) is 31.8 Å². The Morgan fingerprint density at radius 2 is 1.46 bits per heavy atom. The molecule has 0 atom stereocenters. The lowest BCUT2D eigenvalue weighted by Gasteiger charge is -2.11. The number of carbonyl (C=O) groups excluding carboxylic acids is 1. The van der Waals surface area contributed by atoms with Gasteiger partial charge in [-0.2, -0.15) is 22.8 Å². The molecule has 0 aliphatic carbocycles. The monoisotopic (exact) mass is 571 g/mol. The highest BCUT2D eigenvalue weighted by Gasteiger charge is 2.30. The average Bonchev–Trinajstić information content (AvgIpc) is 3.24. The minimum atomic E-state index is -4.49. The number of nitrogens with one attached hydrogen (secondary N) is 1. The van der Waals surface area contributed by atoms with E-state index in [0.717, 1.165) is 35.4 Å². The lowest BCUT2D eigenvalue weighted by atomic mass is 9.97. The van der Waals surface area contributed by atoms with E-state index in [1.54, 1.807) is 30.5 Å². The normalized spacial score (nSPS) is 11.6. The summed E-state index contributed by atoms with van der Waals surface area (Å²) in [5.41, 5.74) is 1.91. The minimum absolute atomic E-state index is 0.00393. The van der Waals surface area contributed by atoms with Gasteiger partial charge >= 0.3 is 11.9 Å². The Labute approximate surface area is 229 Å². The second-order valence-electron chi connectivity index (χ2n) is 8.52. The molecule has 0 saturated heterocycles. The molecule has 0 bridgehead atoms. The molecule has 3 aromatic carbocycles. The van der Waals surface area contributed by atoms with Gasteiger partial charge < -0.3 is 5.32 Å². The summed E-state index contributed by atoms with van der Waals surface area (Å²) < 4.78 is 40.6. The van der Waals surface area contributed by atoms with Gasteiger partial charge in [0, 0.05) is 33.3 Å². The van der Waals surface area contributed by atoms with Gasteiger partial charge in [0.25, 0.3) is 5.91 Å². The first kappa shape index (κ1) is 26.5. The van der Waals surface area contributed by atoms with Crippen molar-refractivity contribution < 1.29 is 18.0 Å². The molecular formula is C27H18Cl2F3N5O2. The largest absolute Gasteiger partial charge is 0.416 e. The zero-order valence-electron chi connectivity index (χ0n) is 19.9. The van der Waals surface area contributed by atoms with Gasteiger partial charge in [0.15, 0.2) is 5.65 Å². The fraction of sp³-hybridized carbons (Fsp3) is 0.111. The van der Waals surface area contributed by atoms with Gasteiger partial charge in [-0.3, -0.25) is 4.79 Å². The molecule has 0 fully saturated rings. The van der Waals surface area contributed by atoms with Crippen LogP contribution in [0, 0.1) is 0 Å². The Morgan fingerprint density at radius 3 is 2.05 bits per heavy atom. The molecule has 2 heterocycles. The van der Waals surface area contributed by atoms with Crippen molar-refractivity contribution >= 4 is 34.8 Å². The van der Waals surface area contributed by atoms with Gasteiger partial charge in [-0.1, -0.05) is 47.5 Å². The molecule has 0 radical (unpaired) electrons. The van der Waals surface area contributed by atoms with Gasteiger partial charge in [-0.05, 0) is 59.7 Å². The lowest BCUT2D eigenvalue weighted by Crippen LogP contribution is -2.31. The van der Waals surface area contributed by atoms with E-state index < -0.39 is 23.3 Å². The first-order valence-electron chi connectivity index (χ1n) is 11.6. The molecule has 2 aromatic heterocycles. The fourth-order valence-electron chi connectivity index (χ4n) is 4.04. The van der Waals surface area contributed by atoms with Crippen molar-refractivity contribution in [1.82, 2.24) is 24.7 Å². The number of halogens is 5. The lowest BCUT2D eigenvalue weighted by molar-refractivity contribution is -0.137. The first-order valence-corrected chi connectivity index (χ1v) is 12.3. The third-order valence-electron chi connectivity index (χ3n) is 5.99. The first-order chi connectivity index (χ1) is 18.6. The van der Waals surface area contributed by atoms with Crippen molar-refractivity contribution in [3.8, 4) is 22.3 Å². The molecule has 0 spiro atoms. The van der Waals surface area contributed by atoms with Crippen molar-refractivity contribution in [2.24, 2.45) is 0 Å². The van der Waals surface area contributed by atoms with E-state index in [2.05, 4.69) is 15.5 Å². The number of hydrogen-bond acceptors (Lipinski definition) is 4. The summed E-state index contributed by atoms with van der Waals surface area (Å²) in [6.45, 7) is 0.00880. The maximum atomic E-state index is 13.1. The van der Waals surface area contributed by atoms with E-state index in [1.165, 1.54) is 9.20 Å². The number of benzene rings is 3. The highest BCUT2D eigenvalue weighted by atomic mass is 35.5. The number of rotatable bonds is 6. The van der Waals surface area contributed by atoms with E-state index in [1.807, 2.05) is 24.3 Å². The summed E-state index contributed by atoms with van der Waals surface area (Å²) in [4.78, 5) is 25.5. The van der Waals surface area contributed by atoms with E-state index in [-0.39, 0.29) is 18.7 Å². The van der Waals surface area contributed by atoms with Crippen LogP contribution in [0.4, 0.5) is 13.2 Å². The zero-order valence-corrected chi connectivity index (χ0v) is 21.4. The molecule has 7 nitrogen and oxygen atoms in total. The van der Waals surface area contributed by atoms with Crippen molar-refractivity contribution in [3.05, 3.63) is 111 Å². The number of fused-ring (bicyclic) bond motifs is 1. The van der Waals surface area contributed by atoms with Crippen LogP contribution >= 0.6 is 23.2 Å². The molecule has 0 aliphatic heterocycles. The average molecular weight is 572 g/mol. The van der Waals surface area contributed by atoms with Crippen LogP contribution in [0.2, 0.25) is 10.0 Å². The van der Waals surface area contributed by atoms with Gasteiger partial charge in [-0.25, -0.2) is 9.48 Å². The Kier molecular flexibility index (Phi) is 7.16. The van der Waals surface area contributed by atoms with Crippen LogP contribution in [0.25, 0.3) is 27.9 Å². The number of alkyl halides is 3. The highest BCUT2D eigenvalue weighted by molar-refractivity contribution is 6.31. The number of nitrogens with zero attached hydrogens (tertiary/aromatic N) is 4. The Balaban J connectivity index is 1.44. The molecule has 1 amide bonds. The molecule has 198 valence electrons. The molecule has 5 aromatic rings.